The number of likely N-dealkylation sites (tertiary alicyclic amines) is 1. The number of aliphatic carboxylic acids is 1. The summed E-state index contributed by atoms with van der Waals surface area (Å²) in [4.78, 5) is 26.3. The van der Waals surface area contributed by atoms with Gasteiger partial charge in [0.15, 0.2) is 0 Å². The topological polar surface area (TPSA) is 81.1 Å². The van der Waals surface area contributed by atoms with Crippen LogP contribution in [0.4, 0.5) is 10.5 Å². The van der Waals surface area contributed by atoms with E-state index in [1.807, 2.05) is 32.0 Å². The third-order valence-corrected chi connectivity index (χ3v) is 3.69. The zero-order valence-corrected chi connectivity index (χ0v) is 12.4. The van der Waals surface area contributed by atoms with Crippen LogP contribution in [0.1, 0.15) is 17.5 Å². The number of β-amino-alcohol motifs (C(OH)–C–C–N with tert-alkyl or cyclic N) is 1. The Bertz CT molecular complexity index is 553. The lowest BCUT2D eigenvalue weighted by Gasteiger charge is -2.28. The fourth-order valence-corrected chi connectivity index (χ4v) is 2.71. The normalized spacial score (nSPS) is 21.4. The first-order valence-electron chi connectivity index (χ1n) is 6.83. The third-order valence-electron chi connectivity index (χ3n) is 3.69. The molecule has 0 bridgehead atoms. The minimum absolute atomic E-state index is 0.0466. The van der Waals surface area contributed by atoms with Crippen molar-refractivity contribution < 1.29 is 19.8 Å². The number of benzene rings is 1. The number of anilines is 1. The van der Waals surface area contributed by atoms with E-state index >= 15 is 0 Å². The molecule has 0 aromatic heterocycles. The maximum Gasteiger partial charge on any atom is 0.326 e. The summed E-state index contributed by atoms with van der Waals surface area (Å²) in [6.45, 7) is 3.92. The molecule has 114 valence electrons. The van der Waals surface area contributed by atoms with Crippen LogP contribution in [0, 0.1) is 13.8 Å². The summed E-state index contributed by atoms with van der Waals surface area (Å²) in [7, 11) is 1.61. The second-order valence-corrected chi connectivity index (χ2v) is 5.58. The molecule has 1 aliphatic heterocycles. The zero-order valence-electron chi connectivity index (χ0n) is 12.4. The van der Waals surface area contributed by atoms with Gasteiger partial charge in [-0.1, -0.05) is 6.07 Å². The summed E-state index contributed by atoms with van der Waals surface area (Å²) < 4.78 is 0. The van der Waals surface area contributed by atoms with Crippen LogP contribution in [0.3, 0.4) is 0 Å². The highest BCUT2D eigenvalue weighted by molar-refractivity contribution is 5.94. The van der Waals surface area contributed by atoms with Crippen molar-refractivity contribution in [2.75, 3.05) is 18.5 Å². The van der Waals surface area contributed by atoms with Gasteiger partial charge in [-0.15, -0.1) is 0 Å². The second kappa shape index (κ2) is 5.73. The van der Waals surface area contributed by atoms with Gasteiger partial charge in [-0.2, -0.15) is 0 Å². The van der Waals surface area contributed by atoms with Crippen LogP contribution in [0.5, 0.6) is 0 Å². The highest BCUT2D eigenvalue weighted by Crippen LogP contribution is 2.23. The molecule has 1 aromatic carbocycles. The van der Waals surface area contributed by atoms with Crippen LogP contribution in [0.25, 0.3) is 0 Å². The minimum Gasteiger partial charge on any atom is -0.480 e. The van der Waals surface area contributed by atoms with E-state index < -0.39 is 24.1 Å². The van der Waals surface area contributed by atoms with Gasteiger partial charge in [-0.3, -0.25) is 4.90 Å². The van der Waals surface area contributed by atoms with Gasteiger partial charge in [0.2, 0.25) is 0 Å². The minimum atomic E-state index is -1.09. The summed E-state index contributed by atoms with van der Waals surface area (Å²) in [5.41, 5.74) is 2.77. The van der Waals surface area contributed by atoms with Gasteiger partial charge in [0.25, 0.3) is 0 Å². The molecular formula is C15H20N2O4. The van der Waals surface area contributed by atoms with Gasteiger partial charge < -0.3 is 15.1 Å². The Balaban J connectivity index is 2.24. The van der Waals surface area contributed by atoms with Crippen LogP contribution >= 0.6 is 0 Å². The number of amides is 2. The van der Waals surface area contributed by atoms with Crippen LogP contribution in [-0.2, 0) is 4.79 Å². The number of nitrogens with zero attached hydrogens (tertiary/aromatic N) is 2. The first-order chi connectivity index (χ1) is 9.79. The SMILES string of the molecule is Cc1cc(C)cc(N(C)C(=O)N2C[C@H](O)C[C@@H]2C(=O)O)c1. The van der Waals surface area contributed by atoms with Gasteiger partial charge in [0.05, 0.1) is 6.10 Å². The largest absolute Gasteiger partial charge is 0.480 e. The summed E-state index contributed by atoms with van der Waals surface area (Å²) in [5, 5.41) is 18.8. The van der Waals surface area contributed by atoms with Crippen molar-refractivity contribution in [3.63, 3.8) is 0 Å². The first-order valence-corrected chi connectivity index (χ1v) is 6.83. The third kappa shape index (κ3) is 3.16. The number of carboxylic acids is 1. The Morgan fingerprint density at radius 2 is 1.81 bits per heavy atom. The Labute approximate surface area is 123 Å². The van der Waals surface area contributed by atoms with Crippen molar-refractivity contribution in [2.45, 2.75) is 32.4 Å². The second-order valence-electron chi connectivity index (χ2n) is 5.58. The van der Waals surface area contributed by atoms with E-state index in [9.17, 15) is 14.7 Å². The number of rotatable bonds is 2. The molecule has 2 amide bonds. The lowest BCUT2D eigenvalue weighted by atomic mass is 10.1. The fraction of sp³-hybridized carbons (Fsp3) is 0.467. The zero-order chi connectivity index (χ0) is 15.7. The van der Waals surface area contributed by atoms with Gasteiger partial charge in [-0.25, -0.2) is 9.59 Å². The predicted octanol–water partition coefficient (Wildman–Crippen LogP) is 1.38. The van der Waals surface area contributed by atoms with Gasteiger partial charge >= 0.3 is 12.0 Å². The molecule has 2 N–H and O–H groups in total. The molecule has 2 atom stereocenters. The highest BCUT2D eigenvalue weighted by atomic mass is 16.4. The van der Waals surface area contributed by atoms with Crippen LogP contribution < -0.4 is 4.90 Å². The molecule has 6 nitrogen and oxygen atoms in total. The van der Waals surface area contributed by atoms with Crippen molar-refractivity contribution in [3.05, 3.63) is 29.3 Å². The first kappa shape index (κ1) is 15.3. The number of hydrogen-bond donors (Lipinski definition) is 2. The molecule has 1 aliphatic rings. The molecule has 0 saturated carbocycles. The fourth-order valence-electron chi connectivity index (χ4n) is 2.71. The number of carbonyl (C=O) groups excluding carboxylic acids is 1. The van der Waals surface area contributed by atoms with E-state index in [4.69, 9.17) is 5.11 Å². The van der Waals surface area contributed by atoms with Crippen LogP contribution in [0.15, 0.2) is 18.2 Å². The lowest BCUT2D eigenvalue weighted by Crippen LogP contribution is -2.47. The molecule has 21 heavy (non-hydrogen) atoms. The standard InChI is InChI=1S/C15H20N2O4/c1-9-4-10(2)6-11(5-9)16(3)15(21)17-8-12(18)7-13(17)14(19)20/h4-6,12-13,18H,7-8H2,1-3H3,(H,19,20)/t12-,13-/m1/s1. The van der Waals surface area contributed by atoms with Crippen molar-refractivity contribution in [1.82, 2.24) is 4.90 Å². The van der Waals surface area contributed by atoms with E-state index in [2.05, 4.69) is 0 Å². The molecule has 0 spiro atoms. The summed E-state index contributed by atoms with van der Waals surface area (Å²) in [5.74, 6) is -1.09. The molecule has 1 heterocycles. The van der Waals surface area contributed by atoms with E-state index in [-0.39, 0.29) is 13.0 Å². The number of aryl methyl sites for hydroxylation is 2. The van der Waals surface area contributed by atoms with Gasteiger partial charge in [0.1, 0.15) is 6.04 Å². The van der Waals surface area contributed by atoms with Crippen molar-refractivity contribution >= 4 is 17.7 Å². The molecule has 0 aliphatic carbocycles. The lowest BCUT2D eigenvalue weighted by molar-refractivity contribution is -0.141. The average molecular weight is 292 g/mol. The van der Waals surface area contributed by atoms with E-state index in [0.29, 0.717) is 5.69 Å². The molecule has 0 unspecified atom stereocenters. The molecule has 6 heteroatoms. The van der Waals surface area contributed by atoms with Crippen molar-refractivity contribution in [3.8, 4) is 0 Å². The number of urea groups is 1. The Kier molecular flexibility index (Phi) is 4.18. The monoisotopic (exact) mass is 292 g/mol. The Morgan fingerprint density at radius 3 is 2.33 bits per heavy atom. The molecule has 1 fully saturated rings. The van der Waals surface area contributed by atoms with Crippen LogP contribution in [-0.4, -0.2) is 52.9 Å². The molecule has 0 radical (unpaired) electrons. The number of hydrogen-bond acceptors (Lipinski definition) is 3. The van der Waals surface area contributed by atoms with Crippen LogP contribution in [0.2, 0.25) is 0 Å². The van der Waals surface area contributed by atoms with Crippen molar-refractivity contribution in [2.24, 2.45) is 0 Å². The van der Waals surface area contributed by atoms with E-state index in [1.54, 1.807) is 7.05 Å². The number of aliphatic hydroxyl groups is 1. The summed E-state index contributed by atoms with van der Waals surface area (Å²) >= 11 is 0. The number of carboxylic acid groups (broad SMARTS) is 1. The smallest absolute Gasteiger partial charge is 0.326 e. The maximum atomic E-state index is 12.5. The molecule has 1 aromatic rings. The Hall–Kier alpha value is -2.08. The van der Waals surface area contributed by atoms with Crippen molar-refractivity contribution in [1.29, 1.82) is 0 Å². The Morgan fingerprint density at radius 1 is 1.24 bits per heavy atom. The maximum absolute atomic E-state index is 12.5. The summed E-state index contributed by atoms with van der Waals surface area (Å²) in [6, 6.07) is 4.35. The predicted molar refractivity (Wildman–Crippen MR) is 78.5 cm³/mol. The van der Waals surface area contributed by atoms with E-state index in [0.717, 1.165) is 11.1 Å². The molecule has 1 saturated heterocycles. The number of aliphatic hydroxyl groups excluding tert-OH is 1. The quantitative estimate of drug-likeness (QED) is 0.863. The molecular weight excluding hydrogens is 272 g/mol. The summed E-state index contributed by atoms with van der Waals surface area (Å²) in [6.07, 6.45) is -0.718. The average Bonchev–Trinajstić information content (AvgIpc) is 2.78. The molecule has 2 rings (SSSR count). The number of carbonyl (C=O) groups is 2. The van der Waals surface area contributed by atoms with E-state index in [1.165, 1.54) is 9.80 Å². The van der Waals surface area contributed by atoms with Gasteiger partial charge in [-0.05, 0) is 37.1 Å². The van der Waals surface area contributed by atoms with Gasteiger partial charge in [0, 0.05) is 25.7 Å². The highest BCUT2D eigenvalue weighted by Gasteiger charge is 2.40.